The topological polar surface area (TPSA) is 41.6 Å². The van der Waals surface area contributed by atoms with Crippen LogP contribution in [0.25, 0.3) is 11.1 Å². The third kappa shape index (κ3) is 1.67. The van der Waals surface area contributed by atoms with E-state index in [9.17, 15) is 4.39 Å². The van der Waals surface area contributed by atoms with E-state index in [0.29, 0.717) is 15.8 Å². The smallest absolute Gasteiger partial charge is 0.142 e. The highest BCUT2D eigenvalue weighted by Crippen LogP contribution is 2.17. The van der Waals surface area contributed by atoms with Crippen LogP contribution in [0.5, 0.6) is 0 Å². The fraction of sp³-hybridized carbons (Fsp3) is 0. The second-order valence-electron chi connectivity index (χ2n) is 2.69. The van der Waals surface area contributed by atoms with E-state index in [0.717, 1.165) is 6.20 Å². The van der Waals surface area contributed by atoms with Gasteiger partial charge >= 0.3 is 0 Å². The van der Waals surface area contributed by atoms with Gasteiger partial charge in [-0.25, -0.2) is 9.37 Å². The molecule has 0 aliphatic heterocycles. The van der Waals surface area contributed by atoms with Crippen molar-refractivity contribution in [3.63, 3.8) is 0 Å². The molecular formula is C9H6FN3S. The monoisotopic (exact) mass is 207 g/mol. The Hall–Kier alpha value is -1.62. The van der Waals surface area contributed by atoms with E-state index in [1.54, 1.807) is 12.4 Å². The molecule has 0 spiro atoms. The largest absolute Gasteiger partial charge is 0.337 e. The van der Waals surface area contributed by atoms with Crippen molar-refractivity contribution in [3.8, 4) is 11.1 Å². The van der Waals surface area contributed by atoms with Gasteiger partial charge in [-0.1, -0.05) is 12.2 Å². The Kier molecular flexibility index (Phi) is 2.32. The maximum absolute atomic E-state index is 12.9. The molecule has 2 aromatic heterocycles. The summed E-state index contributed by atoms with van der Waals surface area (Å²) >= 11 is 5.03. The van der Waals surface area contributed by atoms with Gasteiger partial charge in [0.25, 0.3) is 0 Å². The maximum Gasteiger partial charge on any atom is 0.142 e. The lowest BCUT2D eigenvalue weighted by molar-refractivity contribution is 0.622. The lowest BCUT2D eigenvalue weighted by Gasteiger charge is -1.99. The Morgan fingerprint density at radius 1 is 1.21 bits per heavy atom. The molecule has 0 saturated heterocycles. The summed E-state index contributed by atoms with van der Waals surface area (Å²) in [6.45, 7) is 0. The first-order valence-corrected chi connectivity index (χ1v) is 4.32. The molecule has 0 aliphatic carbocycles. The molecule has 0 unspecified atom stereocenters. The molecule has 70 valence electrons. The van der Waals surface area contributed by atoms with E-state index in [-0.39, 0.29) is 5.82 Å². The predicted molar refractivity (Wildman–Crippen MR) is 52.6 cm³/mol. The van der Waals surface area contributed by atoms with Crippen LogP contribution in [0.15, 0.2) is 31.0 Å². The number of halogens is 1. The molecule has 0 radical (unpaired) electrons. The van der Waals surface area contributed by atoms with Gasteiger partial charge in [0, 0.05) is 23.5 Å². The van der Waals surface area contributed by atoms with Crippen molar-refractivity contribution in [3.05, 3.63) is 41.4 Å². The molecule has 0 fully saturated rings. The summed E-state index contributed by atoms with van der Waals surface area (Å²) in [5.41, 5.74) is 1.30. The second kappa shape index (κ2) is 3.63. The van der Waals surface area contributed by atoms with Crippen LogP contribution in [0.4, 0.5) is 4.39 Å². The number of aromatic amines is 1. The lowest BCUT2D eigenvalue weighted by Crippen LogP contribution is -1.87. The molecule has 0 amide bonds. The number of nitrogens with one attached hydrogen (secondary N) is 1. The summed E-state index contributed by atoms with van der Waals surface area (Å²) in [5.74, 6) is -0.388. The van der Waals surface area contributed by atoms with Crippen LogP contribution < -0.4 is 0 Å². The normalized spacial score (nSPS) is 10.1. The summed E-state index contributed by atoms with van der Waals surface area (Å²) in [4.78, 5) is 10.4. The van der Waals surface area contributed by atoms with E-state index in [2.05, 4.69) is 15.0 Å². The fourth-order valence-electron chi connectivity index (χ4n) is 1.11. The minimum Gasteiger partial charge on any atom is -0.337 e. The number of H-pyrrole nitrogens is 1. The zero-order valence-electron chi connectivity index (χ0n) is 7.07. The molecule has 0 bridgehead atoms. The number of nitrogens with zero attached hydrogens (tertiary/aromatic N) is 2. The maximum atomic E-state index is 12.9. The van der Waals surface area contributed by atoms with Gasteiger partial charge < -0.3 is 4.98 Å². The highest BCUT2D eigenvalue weighted by atomic mass is 32.1. The average Bonchev–Trinajstić information content (AvgIpc) is 2.18. The SMILES string of the molecule is Fc1cncc(-c2cnc[nH]c2=S)c1. The van der Waals surface area contributed by atoms with Crippen LogP contribution in [0.1, 0.15) is 0 Å². The predicted octanol–water partition coefficient (Wildman–Crippen LogP) is 2.34. The summed E-state index contributed by atoms with van der Waals surface area (Å²) in [5, 5.41) is 0. The van der Waals surface area contributed by atoms with Crippen molar-refractivity contribution < 1.29 is 4.39 Å². The zero-order valence-corrected chi connectivity index (χ0v) is 7.88. The molecule has 1 N–H and O–H groups in total. The number of rotatable bonds is 1. The van der Waals surface area contributed by atoms with Crippen molar-refractivity contribution in [1.82, 2.24) is 15.0 Å². The molecule has 0 atom stereocenters. The van der Waals surface area contributed by atoms with Crippen molar-refractivity contribution in [2.75, 3.05) is 0 Å². The molecule has 3 nitrogen and oxygen atoms in total. The number of hydrogen-bond donors (Lipinski definition) is 1. The number of aromatic nitrogens is 3. The van der Waals surface area contributed by atoms with Crippen molar-refractivity contribution in [2.45, 2.75) is 0 Å². The van der Waals surface area contributed by atoms with Gasteiger partial charge in [0.1, 0.15) is 10.5 Å². The molecule has 5 heteroatoms. The molecule has 2 rings (SSSR count). The Bertz CT molecular complexity index is 509. The Balaban J connectivity index is 2.61. The first-order chi connectivity index (χ1) is 6.77. The average molecular weight is 207 g/mol. The van der Waals surface area contributed by atoms with Gasteiger partial charge in [0.15, 0.2) is 0 Å². The molecule has 2 aromatic rings. The standard InChI is InChI=1S/C9H6FN3S/c10-7-1-6(2-11-3-7)8-4-12-5-13-9(8)14/h1-5H,(H,12,13,14). The fourth-order valence-corrected chi connectivity index (χ4v) is 1.33. The first kappa shape index (κ1) is 8.96. The minimum atomic E-state index is -0.388. The Morgan fingerprint density at radius 3 is 2.79 bits per heavy atom. The molecular weight excluding hydrogens is 201 g/mol. The van der Waals surface area contributed by atoms with Crippen LogP contribution in [0.2, 0.25) is 0 Å². The Labute approximate surface area is 84.7 Å². The quantitative estimate of drug-likeness (QED) is 0.730. The van der Waals surface area contributed by atoms with Gasteiger partial charge in [-0.3, -0.25) is 4.98 Å². The van der Waals surface area contributed by atoms with Gasteiger partial charge in [0.2, 0.25) is 0 Å². The van der Waals surface area contributed by atoms with Crippen LogP contribution in [0, 0.1) is 10.5 Å². The van der Waals surface area contributed by atoms with Gasteiger partial charge in [-0.15, -0.1) is 0 Å². The van der Waals surface area contributed by atoms with Crippen LogP contribution in [-0.4, -0.2) is 15.0 Å². The van der Waals surface area contributed by atoms with E-state index < -0.39 is 0 Å². The molecule has 0 aliphatic rings. The van der Waals surface area contributed by atoms with E-state index in [4.69, 9.17) is 12.2 Å². The minimum absolute atomic E-state index is 0.388. The van der Waals surface area contributed by atoms with Crippen LogP contribution in [-0.2, 0) is 0 Å². The third-order valence-electron chi connectivity index (χ3n) is 1.73. The molecule has 0 aromatic carbocycles. The summed E-state index contributed by atoms with van der Waals surface area (Å²) < 4.78 is 13.4. The van der Waals surface area contributed by atoms with Gasteiger partial charge in [-0.05, 0) is 6.07 Å². The lowest BCUT2D eigenvalue weighted by atomic mass is 10.1. The second-order valence-corrected chi connectivity index (χ2v) is 3.09. The van der Waals surface area contributed by atoms with Crippen molar-refractivity contribution >= 4 is 12.2 Å². The van der Waals surface area contributed by atoms with E-state index in [1.165, 1.54) is 12.4 Å². The van der Waals surface area contributed by atoms with Crippen LogP contribution in [0.3, 0.4) is 0 Å². The number of pyridine rings is 1. The van der Waals surface area contributed by atoms with Gasteiger partial charge in [-0.2, -0.15) is 0 Å². The highest BCUT2D eigenvalue weighted by molar-refractivity contribution is 7.71. The summed E-state index contributed by atoms with van der Waals surface area (Å²) in [7, 11) is 0. The Morgan fingerprint density at radius 2 is 2.07 bits per heavy atom. The molecule has 0 saturated carbocycles. The molecule has 14 heavy (non-hydrogen) atoms. The molecule has 2 heterocycles. The van der Waals surface area contributed by atoms with Crippen molar-refractivity contribution in [2.24, 2.45) is 0 Å². The van der Waals surface area contributed by atoms with Crippen molar-refractivity contribution in [1.29, 1.82) is 0 Å². The van der Waals surface area contributed by atoms with E-state index in [1.807, 2.05) is 0 Å². The third-order valence-corrected chi connectivity index (χ3v) is 2.07. The zero-order chi connectivity index (χ0) is 9.97. The summed E-state index contributed by atoms with van der Waals surface area (Å²) in [6, 6.07) is 1.37. The highest BCUT2D eigenvalue weighted by Gasteiger charge is 2.01. The summed E-state index contributed by atoms with van der Waals surface area (Å²) in [6.07, 6.45) is 5.75. The van der Waals surface area contributed by atoms with Crippen LogP contribution >= 0.6 is 12.2 Å². The number of hydrogen-bond acceptors (Lipinski definition) is 3. The van der Waals surface area contributed by atoms with E-state index >= 15 is 0 Å². The first-order valence-electron chi connectivity index (χ1n) is 3.91. The van der Waals surface area contributed by atoms with Gasteiger partial charge in [0.05, 0.1) is 12.5 Å².